The molecular formula is C14H17ClN4O2S. The lowest BCUT2D eigenvalue weighted by Crippen LogP contribution is -1.99. The quantitative estimate of drug-likeness (QED) is 0.623. The highest BCUT2D eigenvalue weighted by Crippen LogP contribution is 2.35. The first-order valence-corrected chi connectivity index (χ1v) is 7.63. The number of benzene rings is 1. The molecule has 0 spiro atoms. The maximum atomic E-state index is 9.90. The number of phenolic OH excluding ortho intramolecular Hbond substituents is 1. The van der Waals surface area contributed by atoms with Crippen molar-refractivity contribution in [3.63, 3.8) is 0 Å². The number of hydrogen-bond donors (Lipinski definition) is 2. The Balaban J connectivity index is 2.31. The molecule has 0 radical (unpaired) electrons. The number of halogens is 1. The molecule has 22 heavy (non-hydrogen) atoms. The van der Waals surface area contributed by atoms with E-state index in [1.54, 1.807) is 16.8 Å². The minimum Gasteiger partial charge on any atom is -0.503 e. The van der Waals surface area contributed by atoms with Crippen molar-refractivity contribution in [3.05, 3.63) is 33.3 Å². The van der Waals surface area contributed by atoms with Crippen molar-refractivity contribution in [3.8, 4) is 11.5 Å². The van der Waals surface area contributed by atoms with E-state index in [9.17, 15) is 5.11 Å². The van der Waals surface area contributed by atoms with Gasteiger partial charge in [-0.3, -0.25) is 5.10 Å². The van der Waals surface area contributed by atoms with Gasteiger partial charge in [-0.15, -0.1) is 0 Å². The second-order valence-corrected chi connectivity index (χ2v) is 5.39. The van der Waals surface area contributed by atoms with Crippen LogP contribution in [0.3, 0.4) is 0 Å². The number of unbranched alkanes of at least 4 members (excludes halogenated alkanes) is 1. The summed E-state index contributed by atoms with van der Waals surface area (Å²) in [6, 6.07) is 3.33. The standard InChI is InChI=1S/C14H17ClN4O2S/c1-3-4-5-11-17-18-14(22)19(11)16-8-9-6-7-10(21-2)13(20)12(9)15/h6-8,20H,3-5H2,1-2H3,(H,18,22)/b16-8-. The van der Waals surface area contributed by atoms with Crippen LogP contribution in [-0.4, -0.2) is 33.3 Å². The first kappa shape index (κ1) is 16.5. The highest BCUT2D eigenvalue weighted by molar-refractivity contribution is 7.71. The lowest BCUT2D eigenvalue weighted by atomic mass is 10.2. The minimum atomic E-state index is -0.116. The molecule has 0 unspecified atom stereocenters. The molecule has 0 aliphatic heterocycles. The molecule has 1 aromatic heterocycles. The average molecular weight is 341 g/mol. The van der Waals surface area contributed by atoms with Crippen LogP contribution < -0.4 is 4.74 Å². The number of aromatic hydroxyl groups is 1. The normalized spacial score (nSPS) is 11.2. The third kappa shape index (κ3) is 3.48. The van der Waals surface area contributed by atoms with Crippen LogP contribution in [0.2, 0.25) is 5.02 Å². The fraction of sp³-hybridized carbons (Fsp3) is 0.357. The molecule has 0 saturated heterocycles. The SMILES string of the molecule is CCCCc1n[nH]c(=S)n1/N=C\c1ccc(OC)c(O)c1Cl. The van der Waals surface area contributed by atoms with Gasteiger partial charge in [0.1, 0.15) is 0 Å². The predicted octanol–water partition coefficient (Wildman–Crippen LogP) is 3.53. The number of phenols is 1. The summed E-state index contributed by atoms with van der Waals surface area (Å²) < 4.78 is 6.97. The average Bonchev–Trinajstić information content (AvgIpc) is 2.87. The van der Waals surface area contributed by atoms with Gasteiger partial charge >= 0.3 is 0 Å². The van der Waals surface area contributed by atoms with Gasteiger partial charge in [0.05, 0.1) is 18.3 Å². The molecule has 2 N–H and O–H groups in total. The Bertz CT molecular complexity index is 739. The summed E-state index contributed by atoms with van der Waals surface area (Å²) in [6.45, 7) is 2.11. The van der Waals surface area contributed by atoms with Crippen molar-refractivity contribution in [2.75, 3.05) is 7.11 Å². The van der Waals surface area contributed by atoms with Gasteiger partial charge < -0.3 is 9.84 Å². The molecule has 0 fully saturated rings. The predicted molar refractivity (Wildman–Crippen MR) is 88.7 cm³/mol. The number of aryl methyl sites for hydroxylation is 1. The molecule has 6 nitrogen and oxygen atoms in total. The summed E-state index contributed by atoms with van der Waals surface area (Å²) in [5, 5.41) is 21.3. The number of nitrogens with one attached hydrogen (secondary N) is 1. The van der Waals surface area contributed by atoms with Gasteiger partial charge in [-0.1, -0.05) is 24.9 Å². The number of aromatic amines is 1. The van der Waals surface area contributed by atoms with E-state index in [0.717, 1.165) is 25.1 Å². The van der Waals surface area contributed by atoms with E-state index in [1.807, 2.05) is 0 Å². The molecule has 2 rings (SSSR count). The summed E-state index contributed by atoms with van der Waals surface area (Å²) >= 11 is 11.3. The summed E-state index contributed by atoms with van der Waals surface area (Å²) in [4.78, 5) is 0. The summed E-state index contributed by atoms with van der Waals surface area (Å²) in [6.07, 6.45) is 4.37. The fourth-order valence-corrected chi connectivity index (χ4v) is 2.29. The van der Waals surface area contributed by atoms with E-state index in [0.29, 0.717) is 16.1 Å². The summed E-state index contributed by atoms with van der Waals surface area (Å²) in [5.74, 6) is 0.956. The van der Waals surface area contributed by atoms with Crippen molar-refractivity contribution in [1.29, 1.82) is 0 Å². The minimum absolute atomic E-state index is 0.116. The largest absolute Gasteiger partial charge is 0.503 e. The molecule has 8 heteroatoms. The third-order valence-corrected chi connectivity index (χ3v) is 3.77. The fourth-order valence-electron chi connectivity index (χ4n) is 1.89. The van der Waals surface area contributed by atoms with Gasteiger partial charge in [0.2, 0.25) is 4.77 Å². The van der Waals surface area contributed by atoms with E-state index in [2.05, 4.69) is 22.2 Å². The Kier molecular flexibility index (Phi) is 5.57. The Morgan fingerprint density at radius 3 is 3.00 bits per heavy atom. The Morgan fingerprint density at radius 2 is 2.32 bits per heavy atom. The maximum absolute atomic E-state index is 9.90. The second-order valence-electron chi connectivity index (χ2n) is 4.62. The highest BCUT2D eigenvalue weighted by Gasteiger charge is 2.10. The zero-order valence-electron chi connectivity index (χ0n) is 12.3. The summed E-state index contributed by atoms with van der Waals surface area (Å²) in [5.41, 5.74) is 0.560. The number of ether oxygens (including phenoxy) is 1. The Morgan fingerprint density at radius 1 is 1.55 bits per heavy atom. The molecule has 0 aliphatic carbocycles. The number of hydrogen-bond acceptors (Lipinski definition) is 5. The molecule has 0 atom stereocenters. The topological polar surface area (TPSA) is 75.4 Å². The first-order valence-electron chi connectivity index (χ1n) is 6.84. The van der Waals surface area contributed by atoms with E-state index < -0.39 is 0 Å². The van der Waals surface area contributed by atoms with E-state index >= 15 is 0 Å². The molecule has 1 aromatic carbocycles. The molecular weight excluding hydrogens is 324 g/mol. The number of rotatable bonds is 6. The number of nitrogens with zero attached hydrogens (tertiary/aromatic N) is 3. The van der Waals surface area contributed by atoms with Gasteiger partial charge in [0, 0.05) is 12.0 Å². The van der Waals surface area contributed by atoms with Crippen LogP contribution in [-0.2, 0) is 6.42 Å². The molecule has 0 aliphatic rings. The number of aromatic nitrogens is 3. The van der Waals surface area contributed by atoms with Crippen LogP contribution in [0.15, 0.2) is 17.2 Å². The van der Waals surface area contributed by atoms with Gasteiger partial charge in [0.25, 0.3) is 0 Å². The summed E-state index contributed by atoms with van der Waals surface area (Å²) in [7, 11) is 1.46. The smallest absolute Gasteiger partial charge is 0.216 e. The van der Waals surface area contributed by atoms with Crippen LogP contribution in [0, 0.1) is 4.77 Å². The van der Waals surface area contributed by atoms with Crippen molar-refractivity contribution >= 4 is 30.0 Å². The van der Waals surface area contributed by atoms with Gasteiger partial charge in [-0.2, -0.15) is 14.9 Å². The zero-order chi connectivity index (χ0) is 16.1. The van der Waals surface area contributed by atoms with Gasteiger partial charge in [-0.25, -0.2) is 0 Å². The van der Waals surface area contributed by atoms with E-state index in [-0.39, 0.29) is 10.8 Å². The molecule has 0 amide bonds. The van der Waals surface area contributed by atoms with Crippen LogP contribution in [0.5, 0.6) is 11.5 Å². The van der Waals surface area contributed by atoms with E-state index in [4.69, 9.17) is 28.6 Å². The first-order chi connectivity index (χ1) is 10.6. The van der Waals surface area contributed by atoms with Gasteiger partial charge in [-0.05, 0) is 30.8 Å². The Hall–Kier alpha value is -1.86. The van der Waals surface area contributed by atoms with Crippen LogP contribution in [0.4, 0.5) is 0 Å². The number of methoxy groups -OCH3 is 1. The molecule has 0 saturated carbocycles. The highest BCUT2D eigenvalue weighted by atomic mass is 35.5. The lowest BCUT2D eigenvalue weighted by molar-refractivity contribution is 0.373. The Labute approximate surface area is 138 Å². The van der Waals surface area contributed by atoms with Crippen molar-refractivity contribution in [2.24, 2.45) is 5.10 Å². The number of H-pyrrole nitrogens is 1. The van der Waals surface area contributed by atoms with Crippen molar-refractivity contribution in [1.82, 2.24) is 14.9 Å². The lowest BCUT2D eigenvalue weighted by Gasteiger charge is -2.06. The van der Waals surface area contributed by atoms with Crippen LogP contribution in [0.1, 0.15) is 31.2 Å². The third-order valence-electron chi connectivity index (χ3n) is 3.11. The monoisotopic (exact) mass is 340 g/mol. The van der Waals surface area contributed by atoms with Crippen molar-refractivity contribution in [2.45, 2.75) is 26.2 Å². The molecule has 0 bridgehead atoms. The molecule has 2 aromatic rings. The van der Waals surface area contributed by atoms with Gasteiger partial charge in [0.15, 0.2) is 17.3 Å². The van der Waals surface area contributed by atoms with Crippen LogP contribution >= 0.6 is 23.8 Å². The molecule has 118 valence electrons. The zero-order valence-corrected chi connectivity index (χ0v) is 13.9. The van der Waals surface area contributed by atoms with E-state index in [1.165, 1.54) is 13.3 Å². The van der Waals surface area contributed by atoms with Crippen molar-refractivity contribution < 1.29 is 9.84 Å². The maximum Gasteiger partial charge on any atom is 0.216 e. The van der Waals surface area contributed by atoms with Crippen LogP contribution in [0.25, 0.3) is 0 Å². The molecule has 1 heterocycles. The second kappa shape index (κ2) is 7.42.